The maximum atomic E-state index is 17.2. The summed E-state index contributed by atoms with van der Waals surface area (Å²) >= 11 is 0. The Morgan fingerprint density at radius 2 is 1.72 bits per heavy atom. The van der Waals surface area contributed by atoms with E-state index in [1.807, 2.05) is 13.1 Å². The van der Waals surface area contributed by atoms with E-state index >= 15 is 8.78 Å². The predicted octanol–water partition coefficient (Wildman–Crippen LogP) is 9.27. The summed E-state index contributed by atoms with van der Waals surface area (Å²) in [6, 6.07) is 12.6. The summed E-state index contributed by atoms with van der Waals surface area (Å²) in [5.74, 6) is 2.18. The molecule has 4 N–H and O–H groups in total. The summed E-state index contributed by atoms with van der Waals surface area (Å²) in [7, 11) is 1.86. The van der Waals surface area contributed by atoms with Gasteiger partial charge in [0.2, 0.25) is 0 Å². The number of phenolic OH excluding ortho intramolecular Hbond substituents is 1. The van der Waals surface area contributed by atoms with E-state index in [2.05, 4.69) is 48.4 Å². The van der Waals surface area contributed by atoms with E-state index in [0.29, 0.717) is 58.4 Å². The minimum atomic E-state index is -0.714. The summed E-state index contributed by atoms with van der Waals surface area (Å²) in [6.07, 6.45) is 23.7. The third kappa shape index (κ3) is 10.1. The van der Waals surface area contributed by atoms with Gasteiger partial charge in [-0.15, -0.1) is 6.42 Å². The van der Waals surface area contributed by atoms with Gasteiger partial charge < -0.3 is 50.2 Å². The number of terminal acetylenes is 1. The highest BCUT2D eigenvalue weighted by Gasteiger charge is 2.47. The number of anilines is 2. The van der Waals surface area contributed by atoms with Crippen LogP contribution in [0, 0.1) is 52.1 Å². The van der Waals surface area contributed by atoms with E-state index in [1.165, 1.54) is 74.9 Å². The molecule has 74 heavy (non-hydrogen) atoms. The van der Waals surface area contributed by atoms with Gasteiger partial charge in [-0.3, -0.25) is 4.98 Å². The number of nitrogens with zero attached hydrogens (tertiary/aromatic N) is 6. The maximum Gasteiger partial charge on any atom is 0.319 e. The van der Waals surface area contributed by atoms with Crippen molar-refractivity contribution < 1.29 is 28.2 Å². The summed E-state index contributed by atoms with van der Waals surface area (Å²) < 4.78 is 38.8. The van der Waals surface area contributed by atoms with Gasteiger partial charge in [0.25, 0.3) is 0 Å². The zero-order valence-corrected chi connectivity index (χ0v) is 42.6. The number of aromatic hydroxyl groups is 1. The van der Waals surface area contributed by atoms with E-state index in [4.69, 9.17) is 26.5 Å². The van der Waals surface area contributed by atoms with Crippen molar-refractivity contribution in [1.29, 1.82) is 5.41 Å². The number of rotatable bonds is 17. The first kappa shape index (κ1) is 50.1. The first-order valence-corrected chi connectivity index (χ1v) is 27.1. The van der Waals surface area contributed by atoms with Crippen LogP contribution in [0.1, 0.15) is 112 Å². The molecule has 6 fully saturated rings. The number of likely N-dealkylation sites (tertiary alicyclic amines) is 2. The largest absolute Gasteiger partial charge is 0.508 e. The number of hydrogen-bond donors (Lipinski definition) is 4. The Morgan fingerprint density at radius 1 is 0.959 bits per heavy atom. The number of ether oxygens (including phenoxy) is 1. The number of piperazine rings is 1. The number of aromatic nitrogens is 3. The molecule has 3 atom stereocenters. The molecule has 1 spiro atoms. The van der Waals surface area contributed by atoms with Crippen LogP contribution in [0.25, 0.3) is 32.9 Å². The van der Waals surface area contributed by atoms with Gasteiger partial charge in [-0.1, -0.05) is 24.1 Å². The fourth-order valence-electron chi connectivity index (χ4n) is 13.4. The molecule has 0 amide bonds. The van der Waals surface area contributed by atoms with Crippen molar-refractivity contribution >= 4 is 51.5 Å². The fourth-order valence-corrected chi connectivity index (χ4v) is 13.4. The summed E-state index contributed by atoms with van der Waals surface area (Å²) in [6.45, 7) is 8.37. The van der Waals surface area contributed by atoms with Crippen molar-refractivity contribution in [2.75, 3.05) is 76.2 Å². The van der Waals surface area contributed by atoms with Crippen LogP contribution in [0.5, 0.6) is 11.8 Å². The number of fused-ring (bicyclic) bond motifs is 4. The fraction of sp³-hybridized carbons (Fsp3) is 0.525. The lowest BCUT2D eigenvalue weighted by Crippen LogP contribution is -2.51. The maximum absolute atomic E-state index is 17.2. The van der Waals surface area contributed by atoms with Crippen LogP contribution < -0.4 is 20.3 Å². The van der Waals surface area contributed by atoms with Crippen molar-refractivity contribution in [3.63, 3.8) is 0 Å². The molecule has 388 valence electrons. The number of benzene rings is 3. The average Bonchev–Trinajstić information content (AvgIpc) is 4.11. The van der Waals surface area contributed by atoms with E-state index in [9.17, 15) is 14.7 Å². The van der Waals surface area contributed by atoms with Crippen molar-refractivity contribution in [2.24, 2.45) is 22.7 Å². The number of hydrogen-bond acceptors (Lipinski definition) is 13. The number of carbonyl (C=O) groups is 2. The summed E-state index contributed by atoms with van der Waals surface area (Å²) in [4.78, 5) is 44.5. The van der Waals surface area contributed by atoms with Gasteiger partial charge >= 0.3 is 6.01 Å². The second-order valence-electron chi connectivity index (χ2n) is 22.8. The lowest BCUT2D eigenvalue weighted by molar-refractivity contribution is -0.110. The number of aldehydes is 2. The van der Waals surface area contributed by atoms with Crippen molar-refractivity contribution in [3.8, 4) is 35.4 Å². The zero-order valence-electron chi connectivity index (χ0n) is 42.6. The average molecular weight is 1010 g/mol. The minimum absolute atomic E-state index is 0.0119. The SMILES string of the molecule is C#Cc1c(F)ccc2cc(O)cc(-c3ncc4c(N5CC6CCC(C5)N6)nc(OCC5(CN6CCC7(CCC(CN8CCC(c9ccc(C(=N)C(C=O)CCC=O)c(NC)c9)CC8)CC7)CC6)CC5)nc4c3F)c12. The third-order valence-corrected chi connectivity index (χ3v) is 18.0. The molecular formula is C59H69F2N9O4. The highest BCUT2D eigenvalue weighted by atomic mass is 19.1. The Hall–Kier alpha value is -6.08. The molecule has 0 radical (unpaired) electrons. The molecule has 3 aromatic carbocycles. The van der Waals surface area contributed by atoms with Gasteiger partial charge in [-0.25, -0.2) is 8.78 Å². The van der Waals surface area contributed by atoms with Gasteiger partial charge in [0.05, 0.1) is 29.2 Å². The molecule has 13 nitrogen and oxygen atoms in total. The Kier molecular flexibility index (Phi) is 14.2. The molecule has 2 saturated carbocycles. The van der Waals surface area contributed by atoms with Gasteiger partial charge in [0, 0.05) is 85.5 Å². The first-order valence-electron chi connectivity index (χ1n) is 27.1. The molecule has 4 saturated heterocycles. The van der Waals surface area contributed by atoms with Crippen molar-refractivity contribution in [1.82, 2.24) is 30.1 Å². The monoisotopic (exact) mass is 1010 g/mol. The van der Waals surface area contributed by atoms with Crippen LogP contribution in [-0.2, 0) is 9.59 Å². The molecule has 6 heterocycles. The first-order chi connectivity index (χ1) is 36.0. The Morgan fingerprint density at radius 3 is 2.41 bits per heavy atom. The molecule has 4 aliphatic heterocycles. The van der Waals surface area contributed by atoms with E-state index in [1.54, 1.807) is 6.20 Å². The van der Waals surface area contributed by atoms with Gasteiger partial charge in [0.15, 0.2) is 5.82 Å². The number of pyridine rings is 1. The molecule has 2 bridgehead atoms. The van der Waals surface area contributed by atoms with Crippen LogP contribution >= 0.6 is 0 Å². The standard InChI is InChI=1S/C59H69F2N9O4/c1-3-45-49(60)11-7-40-27-44(73)29-47(51(40)45)54-52(61)55-48(30-64-54)56(70-32-42-8-9-43(33-70)65-42)67-57(66-55)74-36-59(18-19-59)35-69-24-20-58(21-25-69)16-12-37(13-17-58)31-68-22-14-38(15-23-68)39-6-10-46(50(28-39)63-2)53(62)41(34-72)5-4-26-71/h1,6-7,10-11,26-30,34,37-38,41-43,62-63,65,73H,4-5,8-9,12-25,31-33,35-36H2,2H3. The second-order valence-corrected chi connectivity index (χ2v) is 22.8. The predicted molar refractivity (Wildman–Crippen MR) is 285 cm³/mol. The van der Waals surface area contributed by atoms with E-state index in [-0.39, 0.29) is 51.6 Å². The Balaban J connectivity index is 0.701. The highest BCUT2D eigenvalue weighted by Crippen LogP contribution is 2.51. The highest BCUT2D eigenvalue weighted by molar-refractivity contribution is 6.10. The molecule has 5 aromatic rings. The molecule has 15 heteroatoms. The van der Waals surface area contributed by atoms with Crippen LogP contribution in [0.2, 0.25) is 0 Å². The summed E-state index contributed by atoms with van der Waals surface area (Å²) in [5, 5.41) is 27.6. The Labute approximate surface area is 432 Å². The summed E-state index contributed by atoms with van der Waals surface area (Å²) in [5.41, 5.74) is 3.68. The van der Waals surface area contributed by atoms with Crippen LogP contribution in [-0.4, -0.2) is 126 Å². The normalized spacial score (nSPS) is 22.4. The second kappa shape index (κ2) is 20.9. The third-order valence-electron chi connectivity index (χ3n) is 18.0. The zero-order chi connectivity index (χ0) is 51.1. The number of phenols is 1. The number of carbonyl (C=O) groups excluding carboxylic acids is 2. The van der Waals surface area contributed by atoms with E-state index in [0.717, 1.165) is 114 Å². The molecule has 2 aliphatic carbocycles. The van der Waals surface area contributed by atoms with Gasteiger partial charge in [-0.2, -0.15) is 9.97 Å². The van der Waals surface area contributed by atoms with Crippen molar-refractivity contribution in [2.45, 2.75) is 108 Å². The topological polar surface area (TPSA) is 160 Å². The van der Waals surface area contributed by atoms with Gasteiger partial charge in [-0.05, 0) is 162 Å². The molecular weight excluding hydrogens is 937 g/mol. The van der Waals surface area contributed by atoms with Crippen molar-refractivity contribution in [3.05, 3.63) is 77.0 Å². The smallest absolute Gasteiger partial charge is 0.319 e. The molecule has 3 unspecified atom stereocenters. The van der Waals surface area contributed by atoms with Gasteiger partial charge in [0.1, 0.15) is 41.2 Å². The molecule has 2 aromatic heterocycles. The molecule has 11 rings (SSSR count). The van der Waals surface area contributed by atoms with E-state index < -0.39 is 17.6 Å². The molecule has 6 aliphatic rings. The quantitative estimate of drug-likeness (QED) is 0.0398. The Bertz CT molecular complexity index is 2970. The number of nitrogens with one attached hydrogen (secondary N) is 3. The van der Waals surface area contributed by atoms with Crippen LogP contribution in [0.3, 0.4) is 0 Å². The van der Waals surface area contributed by atoms with Crippen LogP contribution in [0.4, 0.5) is 20.3 Å². The number of piperidine rings is 2. The van der Waals surface area contributed by atoms with Crippen LogP contribution in [0.15, 0.2) is 48.7 Å². The lowest BCUT2D eigenvalue weighted by atomic mass is 9.65. The number of halogens is 2. The minimum Gasteiger partial charge on any atom is -0.508 e. The lowest BCUT2D eigenvalue weighted by Gasteiger charge is -2.47.